The summed E-state index contributed by atoms with van der Waals surface area (Å²) >= 11 is 0. The molecule has 0 saturated carbocycles. The summed E-state index contributed by atoms with van der Waals surface area (Å²) in [6.07, 6.45) is 4.80. The molecule has 4 rings (SSSR count). The highest BCUT2D eigenvalue weighted by atomic mass is 16.3. The third-order valence-corrected chi connectivity index (χ3v) is 5.91. The molecule has 0 aliphatic heterocycles. The lowest BCUT2D eigenvalue weighted by molar-refractivity contribution is -0.121. The summed E-state index contributed by atoms with van der Waals surface area (Å²) in [6.45, 7) is 6.87. The SMILES string of the molecule is CCCNCc1ccccc1.CCc1ccc2ccccc2c1.O=CN(CO)CCCc1ccccc1. The summed E-state index contributed by atoms with van der Waals surface area (Å²) in [5.74, 6) is 0. The van der Waals surface area contributed by atoms with E-state index in [2.05, 4.69) is 98.0 Å². The van der Waals surface area contributed by atoms with E-state index in [9.17, 15) is 4.79 Å². The molecule has 0 aliphatic carbocycles. The van der Waals surface area contributed by atoms with Crippen molar-refractivity contribution >= 4 is 17.2 Å². The average molecular weight is 499 g/mol. The van der Waals surface area contributed by atoms with Crippen LogP contribution in [0.15, 0.2) is 103 Å². The minimum atomic E-state index is -0.196. The van der Waals surface area contributed by atoms with Crippen LogP contribution < -0.4 is 5.32 Å². The van der Waals surface area contributed by atoms with Gasteiger partial charge in [0.2, 0.25) is 6.41 Å². The van der Waals surface area contributed by atoms with Crippen LogP contribution in [0.4, 0.5) is 0 Å². The van der Waals surface area contributed by atoms with Gasteiger partial charge in [-0.25, -0.2) is 0 Å². The Morgan fingerprint density at radius 3 is 1.97 bits per heavy atom. The molecule has 37 heavy (non-hydrogen) atoms. The number of aliphatic hydroxyl groups is 1. The summed E-state index contributed by atoms with van der Waals surface area (Å²) in [5, 5.41) is 14.7. The highest BCUT2D eigenvalue weighted by molar-refractivity contribution is 5.82. The van der Waals surface area contributed by atoms with Crippen molar-refractivity contribution in [1.29, 1.82) is 0 Å². The van der Waals surface area contributed by atoms with Gasteiger partial charge in [-0.1, -0.05) is 117 Å². The molecule has 0 saturated heterocycles. The van der Waals surface area contributed by atoms with Gasteiger partial charge in [-0.15, -0.1) is 0 Å². The van der Waals surface area contributed by atoms with Crippen LogP contribution in [0.3, 0.4) is 0 Å². The minimum absolute atomic E-state index is 0.196. The first-order valence-corrected chi connectivity index (χ1v) is 13.3. The molecule has 0 atom stereocenters. The molecule has 4 aromatic rings. The molecule has 4 aromatic carbocycles. The number of amides is 1. The summed E-state index contributed by atoms with van der Waals surface area (Å²) in [6, 6.07) is 35.7. The van der Waals surface area contributed by atoms with Crippen LogP contribution in [0.2, 0.25) is 0 Å². The van der Waals surface area contributed by atoms with E-state index in [1.807, 2.05) is 24.3 Å². The molecule has 0 heterocycles. The van der Waals surface area contributed by atoms with E-state index < -0.39 is 0 Å². The van der Waals surface area contributed by atoms with E-state index in [0.717, 1.165) is 32.4 Å². The van der Waals surface area contributed by atoms with Gasteiger partial charge in [0.1, 0.15) is 6.73 Å². The zero-order chi connectivity index (χ0) is 26.6. The molecule has 0 unspecified atom stereocenters. The van der Waals surface area contributed by atoms with Gasteiger partial charge in [0.05, 0.1) is 0 Å². The van der Waals surface area contributed by atoms with Crippen LogP contribution in [0.1, 0.15) is 43.4 Å². The lowest BCUT2D eigenvalue weighted by Gasteiger charge is -2.12. The third-order valence-electron chi connectivity index (χ3n) is 5.91. The Hall–Kier alpha value is -3.47. The van der Waals surface area contributed by atoms with Crippen LogP contribution >= 0.6 is 0 Å². The first kappa shape index (κ1) is 29.8. The molecule has 4 heteroatoms. The second kappa shape index (κ2) is 18.8. The number of benzene rings is 4. The third kappa shape index (κ3) is 12.4. The zero-order valence-electron chi connectivity index (χ0n) is 22.4. The highest BCUT2D eigenvalue weighted by Gasteiger charge is 1.98. The van der Waals surface area contributed by atoms with Crippen molar-refractivity contribution in [3.05, 3.63) is 120 Å². The van der Waals surface area contributed by atoms with Gasteiger partial charge in [-0.2, -0.15) is 0 Å². The van der Waals surface area contributed by atoms with Gasteiger partial charge in [0.25, 0.3) is 0 Å². The number of fused-ring (bicyclic) bond motifs is 1. The molecule has 196 valence electrons. The fourth-order valence-corrected chi connectivity index (χ4v) is 3.75. The second-order valence-corrected chi connectivity index (χ2v) is 8.85. The van der Waals surface area contributed by atoms with Gasteiger partial charge in [-0.05, 0) is 59.7 Å². The Balaban J connectivity index is 0.000000197. The summed E-state index contributed by atoms with van der Waals surface area (Å²) in [5.41, 5.74) is 4.03. The van der Waals surface area contributed by atoms with E-state index in [4.69, 9.17) is 5.11 Å². The van der Waals surface area contributed by atoms with Crippen LogP contribution in [-0.4, -0.2) is 36.2 Å². The van der Waals surface area contributed by atoms with Gasteiger partial charge >= 0.3 is 0 Å². The number of carbonyl (C=O) groups excluding carboxylic acids is 1. The highest BCUT2D eigenvalue weighted by Crippen LogP contribution is 2.15. The molecule has 4 nitrogen and oxygen atoms in total. The number of carbonyl (C=O) groups is 1. The standard InChI is InChI=1S/C12H12.C11H15NO2.C10H15N/c1-2-10-7-8-11-5-3-4-6-12(11)9-10;13-9-12(10-14)8-4-7-11-5-2-1-3-6-11;1-2-8-11-9-10-6-4-3-5-7-10/h3-9H,2H2,1H3;1-3,5-6,9,14H,4,7-8,10H2;3-7,11H,2,8-9H2,1H3. The van der Waals surface area contributed by atoms with Crippen molar-refractivity contribution in [2.45, 2.75) is 46.1 Å². The van der Waals surface area contributed by atoms with Crippen molar-refractivity contribution in [2.75, 3.05) is 19.8 Å². The molecule has 0 spiro atoms. The maximum atomic E-state index is 10.3. The molecular weight excluding hydrogens is 456 g/mol. The van der Waals surface area contributed by atoms with Gasteiger partial charge in [0.15, 0.2) is 0 Å². The van der Waals surface area contributed by atoms with Crippen molar-refractivity contribution in [2.24, 2.45) is 0 Å². The normalized spacial score (nSPS) is 10.0. The molecule has 0 aromatic heterocycles. The van der Waals surface area contributed by atoms with Crippen molar-refractivity contribution < 1.29 is 9.90 Å². The Bertz CT molecular complexity index is 1120. The van der Waals surface area contributed by atoms with Crippen LogP contribution in [0.25, 0.3) is 10.8 Å². The Labute approximate surface area is 223 Å². The fourth-order valence-electron chi connectivity index (χ4n) is 3.75. The van der Waals surface area contributed by atoms with Crippen molar-refractivity contribution in [3.8, 4) is 0 Å². The predicted molar refractivity (Wildman–Crippen MR) is 156 cm³/mol. The minimum Gasteiger partial charge on any atom is -0.376 e. The van der Waals surface area contributed by atoms with Crippen LogP contribution in [-0.2, 0) is 24.2 Å². The second-order valence-electron chi connectivity index (χ2n) is 8.85. The number of hydrogen-bond acceptors (Lipinski definition) is 3. The summed E-state index contributed by atoms with van der Waals surface area (Å²) in [4.78, 5) is 11.7. The monoisotopic (exact) mass is 498 g/mol. The average Bonchev–Trinajstić information content (AvgIpc) is 2.97. The number of aliphatic hydroxyl groups excluding tert-OH is 1. The Kier molecular flexibility index (Phi) is 15.1. The van der Waals surface area contributed by atoms with Gasteiger partial charge in [-0.3, -0.25) is 4.79 Å². The predicted octanol–water partition coefficient (Wildman–Crippen LogP) is 6.62. The molecular formula is C33H42N2O2. The largest absolute Gasteiger partial charge is 0.376 e. The molecule has 2 N–H and O–H groups in total. The number of aryl methyl sites for hydroxylation is 2. The number of nitrogens with zero attached hydrogens (tertiary/aromatic N) is 1. The summed E-state index contributed by atoms with van der Waals surface area (Å²) in [7, 11) is 0. The van der Waals surface area contributed by atoms with Crippen molar-refractivity contribution in [3.63, 3.8) is 0 Å². The maximum Gasteiger partial charge on any atom is 0.211 e. The van der Waals surface area contributed by atoms with E-state index in [1.54, 1.807) is 0 Å². The smallest absolute Gasteiger partial charge is 0.211 e. The number of rotatable bonds is 11. The van der Waals surface area contributed by atoms with E-state index in [1.165, 1.54) is 38.8 Å². The molecule has 0 bridgehead atoms. The fraction of sp³-hybridized carbons (Fsp3) is 0.303. The van der Waals surface area contributed by atoms with Gasteiger partial charge in [0, 0.05) is 13.1 Å². The molecule has 1 amide bonds. The topological polar surface area (TPSA) is 52.6 Å². The zero-order valence-corrected chi connectivity index (χ0v) is 22.4. The van der Waals surface area contributed by atoms with Crippen LogP contribution in [0, 0.1) is 0 Å². The lowest BCUT2D eigenvalue weighted by Crippen LogP contribution is -2.24. The summed E-state index contributed by atoms with van der Waals surface area (Å²) < 4.78 is 0. The lowest BCUT2D eigenvalue weighted by atomic mass is 10.1. The maximum absolute atomic E-state index is 10.3. The van der Waals surface area contributed by atoms with Gasteiger partial charge < -0.3 is 15.3 Å². The van der Waals surface area contributed by atoms with Crippen molar-refractivity contribution in [1.82, 2.24) is 10.2 Å². The van der Waals surface area contributed by atoms with E-state index in [-0.39, 0.29) is 6.73 Å². The number of nitrogens with one attached hydrogen (secondary N) is 1. The molecule has 0 radical (unpaired) electrons. The first-order valence-electron chi connectivity index (χ1n) is 13.3. The Morgan fingerprint density at radius 1 is 0.757 bits per heavy atom. The molecule has 0 aliphatic rings. The van der Waals surface area contributed by atoms with Crippen LogP contribution in [0.5, 0.6) is 0 Å². The first-order chi connectivity index (χ1) is 18.2. The molecule has 0 fully saturated rings. The van der Waals surface area contributed by atoms with E-state index in [0.29, 0.717) is 13.0 Å². The quantitative estimate of drug-likeness (QED) is 0.139. The Morgan fingerprint density at radius 2 is 1.38 bits per heavy atom. The van der Waals surface area contributed by atoms with E-state index >= 15 is 0 Å². The number of hydrogen-bond donors (Lipinski definition) is 2.